The molecule has 0 N–H and O–H groups in total. The molecule has 4 nitrogen and oxygen atoms in total. The van der Waals surface area contributed by atoms with Gasteiger partial charge in [-0.1, -0.05) is 20.8 Å². The fourth-order valence-electron chi connectivity index (χ4n) is 0.804. The molecule has 1 heterocycles. The molecule has 1 atom stereocenters. The molecule has 0 aromatic carbocycles. The van der Waals surface area contributed by atoms with Crippen molar-refractivity contribution in [1.29, 1.82) is 0 Å². The third kappa shape index (κ3) is 4.11. The van der Waals surface area contributed by atoms with Crippen LogP contribution >= 0.6 is 0 Å². The van der Waals surface area contributed by atoms with E-state index in [0.717, 1.165) is 11.7 Å². The van der Waals surface area contributed by atoms with Gasteiger partial charge in [-0.2, -0.15) is 8.76 Å². The van der Waals surface area contributed by atoms with Crippen LogP contribution in [0.5, 0.6) is 0 Å². The van der Waals surface area contributed by atoms with Crippen LogP contribution in [0.1, 0.15) is 34.6 Å². The Labute approximate surface area is 87.9 Å². The van der Waals surface area contributed by atoms with Crippen molar-refractivity contribution >= 4 is 22.8 Å². The minimum atomic E-state index is -0.669. The maximum atomic E-state index is 5.58. The second kappa shape index (κ2) is 4.31. The summed E-state index contributed by atoms with van der Waals surface area (Å²) in [7, 11) is 0. The first-order chi connectivity index (χ1) is 6.37. The molecule has 1 unspecified atom stereocenters. The third-order valence-corrected chi connectivity index (χ3v) is 2.51. The molecule has 0 aliphatic carbocycles. The Kier molecular flexibility index (Phi) is 3.55. The monoisotopic (exact) mass is 215 g/mol. The van der Waals surface area contributed by atoms with Crippen molar-refractivity contribution in [2.75, 3.05) is 6.61 Å². The van der Waals surface area contributed by atoms with Gasteiger partial charge in [0.15, 0.2) is 11.2 Å². The molecule has 1 aliphatic heterocycles. The van der Waals surface area contributed by atoms with E-state index in [1.807, 2.05) is 13.8 Å². The Balaban J connectivity index is 2.60. The average Bonchev–Trinajstić information content (AvgIpc) is 1.97. The zero-order valence-electron chi connectivity index (χ0n) is 9.37. The predicted molar refractivity (Wildman–Crippen MR) is 61.4 cm³/mol. The van der Waals surface area contributed by atoms with E-state index in [-0.39, 0.29) is 5.41 Å². The molecule has 0 fully saturated rings. The summed E-state index contributed by atoms with van der Waals surface area (Å²) in [5.41, 5.74) is 0.147. The van der Waals surface area contributed by atoms with E-state index in [9.17, 15) is 0 Å². The Morgan fingerprint density at radius 3 is 2.36 bits per heavy atom. The van der Waals surface area contributed by atoms with Gasteiger partial charge in [-0.15, -0.1) is 0 Å². The first-order valence-electron chi connectivity index (χ1n) is 4.57. The summed E-state index contributed by atoms with van der Waals surface area (Å²) in [5, 5.41) is 0. The predicted octanol–water partition coefficient (Wildman–Crippen LogP) is 2.53. The van der Waals surface area contributed by atoms with Gasteiger partial charge in [-0.25, -0.2) is 4.99 Å². The van der Waals surface area contributed by atoms with Gasteiger partial charge in [0.05, 0.1) is 6.61 Å². The summed E-state index contributed by atoms with van der Waals surface area (Å²) in [6, 6.07) is 0. The smallest absolute Gasteiger partial charge is 0.166 e. The number of rotatable bonds is 2. The Bertz CT molecular complexity index is 310. The Morgan fingerprint density at radius 1 is 1.21 bits per heavy atom. The van der Waals surface area contributed by atoms with Crippen molar-refractivity contribution in [2.24, 2.45) is 19.2 Å². The first-order valence-corrected chi connectivity index (χ1v) is 5.63. The van der Waals surface area contributed by atoms with Crippen LogP contribution in [0.15, 0.2) is 13.8 Å². The van der Waals surface area contributed by atoms with Gasteiger partial charge in [0.1, 0.15) is 11.7 Å². The van der Waals surface area contributed by atoms with Crippen LogP contribution in [0.2, 0.25) is 0 Å². The fourth-order valence-corrected chi connectivity index (χ4v) is 1.94. The summed E-state index contributed by atoms with van der Waals surface area (Å²) in [6.45, 7) is 10.7. The van der Waals surface area contributed by atoms with Crippen LogP contribution < -0.4 is 0 Å². The summed E-state index contributed by atoms with van der Waals surface area (Å²) in [5.74, 6) is 1.49. The minimum Gasteiger partial charge on any atom is -0.288 e. The van der Waals surface area contributed by atoms with E-state index >= 15 is 0 Å². The number of aliphatic imine (C=N–C) groups is 1. The van der Waals surface area contributed by atoms with E-state index < -0.39 is 11.2 Å². The highest BCUT2D eigenvalue weighted by Gasteiger charge is 2.13. The first kappa shape index (κ1) is 11.5. The molecule has 1 rings (SSSR count). The molecule has 0 saturated carbocycles. The SMILES string of the molecule is CC1=NC(C)=NS(OCC(C)(C)C)=N1. The van der Waals surface area contributed by atoms with Gasteiger partial charge in [0.2, 0.25) is 0 Å². The van der Waals surface area contributed by atoms with Crippen LogP contribution in [0.25, 0.3) is 0 Å². The molecule has 0 amide bonds. The number of hydrogen-bond acceptors (Lipinski definition) is 4. The highest BCUT2D eigenvalue weighted by molar-refractivity contribution is 7.81. The highest BCUT2D eigenvalue weighted by Crippen LogP contribution is 2.15. The molecular weight excluding hydrogens is 198 g/mol. The normalized spacial score (nSPS) is 22.5. The molecule has 0 bridgehead atoms. The van der Waals surface area contributed by atoms with Crippen LogP contribution in [-0.2, 0) is 15.3 Å². The van der Waals surface area contributed by atoms with E-state index in [0.29, 0.717) is 6.61 Å². The lowest BCUT2D eigenvalue weighted by molar-refractivity contribution is 0.223. The lowest BCUT2D eigenvalue weighted by Crippen LogP contribution is -2.16. The standard InChI is InChI=1S/C9H17N3OS/c1-7-10-8(2)12-14(11-7)13-6-9(3,4)5/h6H2,1-5H3. The van der Waals surface area contributed by atoms with Crippen molar-refractivity contribution in [2.45, 2.75) is 34.6 Å². The van der Waals surface area contributed by atoms with Gasteiger partial charge < -0.3 is 0 Å². The molecule has 0 aromatic heterocycles. The minimum absolute atomic E-state index is 0.147. The topological polar surface area (TPSA) is 46.3 Å². The molecule has 80 valence electrons. The fraction of sp³-hybridized carbons (Fsp3) is 0.778. The van der Waals surface area contributed by atoms with Gasteiger partial charge in [-0.05, 0) is 19.3 Å². The maximum Gasteiger partial charge on any atom is 0.166 e. The van der Waals surface area contributed by atoms with Crippen molar-refractivity contribution < 1.29 is 4.18 Å². The molecule has 0 radical (unpaired) electrons. The average molecular weight is 215 g/mol. The largest absolute Gasteiger partial charge is 0.288 e. The van der Waals surface area contributed by atoms with E-state index in [4.69, 9.17) is 4.18 Å². The second-order valence-electron chi connectivity index (χ2n) is 4.44. The van der Waals surface area contributed by atoms with Crippen molar-refractivity contribution in [3.05, 3.63) is 0 Å². The summed E-state index contributed by atoms with van der Waals surface area (Å²) in [6.07, 6.45) is 0. The van der Waals surface area contributed by atoms with Gasteiger partial charge >= 0.3 is 0 Å². The van der Waals surface area contributed by atoms with E-state index in [1.54, 1.807) is 0 Å². The molecule has 5 heteroatoms. The molecule has 1 aliphatic rings. The Morgan fingerprint density at radius 2 is 1.86 bits per heavy atom. The molecular formula is C9H17N3OS. The van der Waals surface area contributed by atoms with Crippen LogP contribution in [0.4, 0.5) is 0 Å². The van der Waals surface area contributed by atoms with E-state index in [1.165, 1.54) is 0 Å². The Hall–Kier alpha value is -0.550. The molecule has 14 heavy (non-hydrogen) atoms. The highest BCUT2D eigenvalue weighted by atomic mass is 32.2. The summed E-state index contributed by atoms with van der Waals surface area (Å²) < 4.78 is 14.0. The van der Waals surface area contributed by atoms with Crippen molar-refractivity contribution in [1.82, 2.24) is 0 Å². The summed E-state index contributed by atoms with van der Waals surface area (Å²) in [4.78, 5) is 4.10. The van der Waals surface area contributed by atoms with E-state index in [2.05, 4.69) is 34.5 Å². The second-order valence-corrected chi connectivity index (χ2v) is 5.50. The molecule has 0 aromatic rings. The molecule has 0 saturated heterocycles. The molecule has 0 spiro atoms. The van der Waals surface area contributed by atoms with Crippen molar-refractivity contribution in [3.63, 3.8) is 0 Å². The van der Waals surface area contributed by atoms with Crippen LogP contribution in [-0.4, -0.2) is 18.3 Å². The van der Waals surface area contributed by atoms with Gasteiger partial charge in [-0.3, -0.25) is 4.18 Å². The quantitative estimate of drug-likeness (QED) is 0.698. The zero-order chi connectivity index (χ0) is 10.8. The lowest BCUT2D eigenvalue weighted by atomic mass is 9.99. The van der Waals surface area contributed by atoms with Gasteiger partial charge in [0, 0.05) is 0 Å². The van der Waals surface area contributed by atoms with Crippen molar-refractivity contribution in [3.8, 4) is 0 Å². The lowest BCUT2D eigenvalue weighted by Gasteiger charge is -2.18. The number of amidine groups is 2. The summed E-state index contributed by atoms with van der Waals surface area (Å²) >= 11 is -0.669. The number of hydrogen-bond donors (Lipinski definition) is 0. The number of nitrogens with zero attached hydrogens (tertiary/aromatic N) is 3. The van der Waals surface area contributed by atoms with Gasteiger partial charge in [0.25, 0.3) is 0 Å². The zero-order valence-corrected chi connectivity index (χ0v) is 10.2. The third-order valence-electron chi connectivity index (χ3n) is 1.34. The van der Waals surface area contributed by atoms with Crippen LogP contribution in [0.3, 0.4) is 0 Å². The van der Waals surface area contributed by atoms with Crippen LogP contribution in [0, 0.1) is 5.41 Å². The maximum absolute atomic E-state index is 5.58.